The predicted octanol–water partition coefficient (Wildman–Crippen LogP) is 1.85. The van der Waals surface area contributed by atoms with E-state index in [0.29, 0.717) is 5.56 Å². The maximum Gasteiger partial charge on any atom is 0.336 e. The molecule has 0 aliphatic heterocycles. The molecule has 0 atom stereocenters. The van der Waals surface area contributed by atoms with Crippen LogP contribution >= 0.6 is 0 Å². The van der Waals surface area contributed by atoms with Crippen molar-refractivity contribution in [3.63, 3.8) is 0 Å². The first kappa shape index (κ1) is 13.9. The van der Waals surface area contributed by atoms with Gasteiger partial charge in [-0.05, 0) is 38.1 Å². The number of aromatic amines is 1. The van der Waals surface area contributed by atoms with Crippen LogP contribution in [0.15, 0.2) is 24.3 Å². The van der Waals surface area contributed by atoms with Gasteiger partial charge in [-0.15, -0.1) is 5.10 Å². The molecule has 1 amide bonds. The van der Waals surface area contributed by atoms with Crippen molar-refractivity contribution < 1.29 is 14.3 Å². The summed E-state index contributed by atoms with van der Waals surface area (Å²) >= 11 is 0. The Bertz CT molecular complexity index is 578. The molecule has 1 aromatic heterocycles. The summed E-state index contributed by atoms with van der Waals surface area (Å²) in [6.45, 7) is 3.88. The van der Waals surface area contributed by atoms with Gasteiger partial charge in [0.1, 0.15) is 5.75 Å². The van der Waals surface area contributed by atoms with Gasteiger partial charge in [0.15, 0.2) is 0 Å². The minimum atomic E-state index is -0.292. The molecule has 0 saturated heterocycles. The smallest absolute Gasteiger partial charge is 0.336 e. The van der Waals surface area contributed by atoms with E-state index in [0.717, 1.165) is 5.75 Å². The third kappa shape index (κ3) is 3.47. The van der Waals surface area contributed by atoms with Gasteiger partial charge in [0.25, 0.3) is 5.91 Å². The van der Waals surface area contributed by atoms with Gasteiger partial charge < -0.3 is 9.47 Å². The second-order valence-electron chi connectivity index (χ2n) is 4.32. The molecule has 1 heterocycles. The Morgan fingerprint density at radius 1 is 1.30 bits per heavy atom. The van der Waals surface area contributed by atoms with Gasteiger partial charge in [-0.3, -0.25) is 10.1 Å². The number of H-pyrrole nitrogens is 1. The first-order chi connectivity index (χ1) is 9.58. The third-order valence-electron chi connectivity index (χ3n) is 2.37. The van der Waals surface area contributed by atoms with Crippen LogP contribution in [0.1, 0.15) is 24.2 Å². The number of aromatic nitrogens is 3. The number of nitrogens with zero attached hydrogens (tertiary/aromatic N) is 2. The molecule has 2 N–H and O–H groups in total. The zero-order chi connectivity index (χ0) is 14.5. The minimum absolute atomic E-state index is 0.0938. The van der Waals surface area contributed by atoms with E-state index in [-0.39, 0.29) is 24.0 Å². The maximum atomic E-state index is 12.0. The molecule has 0 radical (unpaired) electrons. The van der Waals surface area contributed by atoms with Crippen molar-refractivity contribution in [2.24, 2.45) is 0 Å². The number of rotatable bonds is 5. The van der Waals surface area contributed by atoms with Crippen molar-refractivity contribution in [1.82, 2.24) is 15.2 Å². The molecule has 7 heteroatoms. The average Bonchev–Trinajstić information content (AvgIpc) is 2.86. The fraction of sp³-hybridized carbons (Fsp3) is 0.308. The molecule has 2 aromatic rings. The molecule has 0 unspecified atom stereocenters. The van der Waals surface area contributed by atoms with Crippen LogP contribution in [0.3, 0.4) is 0 Å². The number of hydrogen-bond acceptors (Lipinski definition) is 5. The average molecular weight is 276 g/mol. The molecule has 0 saturated carbocycles. The summed E-state index contributed by atoms with van der Waals surface area (Å²) in [5, 5.41) is 8.87. The van der Waals surface area contributed by atoms with E-state index in [2.05, 4.69) is 20.5 Å². The molecule has 0 aliphatic rings. The van der Waals surface area contributed by atoms with Crippen LogP contribution in [-0.4, -0.2) is 34.3 Å². The summed E-state index contributed by atoms with van der Waals surface area (Å²) in [5.41, 5.74) is 0.497. The lowest BCUT2D eigenvalue weighted by Crippen LogP contribution is -2.13. The maximum absolute atomic E-state index is 12.0. The number of benzene rings is 1. The lowest BCUT2D eigenvalue weighted by molar-refractivity contribution is 0.102. The summed E-state index contributed by atoms with van der Waals surface area (Å²) in [4.78, 5) is 15.9. The van der Waals surface area contributed by atoms with E-state index in [1.165, 1.54) is 7.11 Å². The first-order valence-corrected chi connectivity index (χ1v) is 6.13. The zero-order valence-electron chi connectivity index (χ0n) is 11.5. The zero-order valence-corrected chi connectivity index (χ0v) is 11.5. The van der Waals surface area contributed by atoms with Gasteiger partial charge in [0.05, 0.1) is 13.2 Å². The summed E-state index contributed by atoms with van der Waals surface area (Å²) < 4.78 is 10.3. The Labute approximate surface area is 116 Å². The van der Waals surface area contributed by atoms with Gasteiger partial charge in [-0.1, -0.05) is 0 Å². The van der Waals surface area contributed by atoms with Gasteiger partial charge in [-0.2, -0.15) is 4.98 Å². The number of nitrogens with one attached hydrogen (secondary N) is 2. The van der Waals surface area contributed by atoms with Crippen LogP contribution in [0.4, 0.5) is 5.95 Å². The van der Waals surface area contributed by atoms with Crippen LogP contribution in [-0.2, 0) is 0 Å². The highest BCUT2D eigenvalue weighted by Crippen LogP contribution is 2.15. The molecule has 0 bridgehead atoms. The Hall–Kier alpha value is -2.57. The largest absolute Gasteiger partial charge is 0.491 e. The molecule has 0 fully saturated rings. The van der Waals surface area contributed by atoms with Crippen LogP contribution in [0.5, 0.6) is 11.8 Å². The lowest BCUT2D eigenvalue weighted by Gasteiger charge is -2.09. The van der Waals surface area contributed by atoms with E-state index in [1.54, 1.807) is 24.3 Å². The number of methoxy groups -OCH3 is 1. The van der Waals surface area contributed by atoms with Crippen molar-refractivity contribution >= 4 is 11.9 Å². The van der Waals surface area contributed by atoms with E-state index in [1.807, 2.05) is 13.8 Å². The summed E-state index contributed by atoms with van der Waals surface area (Å²) in [6.07, 6.45) is 0.0938. The number of hydrogen-bond donors (Lipinski definition) is 2. The van der Waals surface area contributed by atoms with Crippen molar-refractivity contribution in [2.75, 3.05) is 12.4 Å². The first-order valence-electron chi connectivity index (χ1n) is 6.13. The van der Waals surface area contributed by atoms with Crippen molar-refractivity contribution in [1.29, 1.82) is 0 Å². The number of amides is 1. The van der Waals surface area contributed by atoms with Crippen molar-refractivity contribution in [3.05, 3.63) is 29.8 Å². The van der Waals surface area contributed by atoms with Crippen LogP contribution in [0.25, 0.3) is 0 Å². The normalized spacial score (nSPS) is 10.4. The highest BCUT2D eigenvalue weighted by Gasteiger charge is 2.10. The second-order valence-corrected chi connectivity index (χ2v) is 4.32. The van der Waals surface area contributed by atoms with E-state index < -0.39 is 0 Å². The van der Waals surface area contributed by atoms with Gasteiger partial charge in [-0.25, -0.2) is 5.10 Å². The van der Waals surface area contributed by atoms with Crippen LogP contribution < -0.4 is 14.8 Å². The molecule has 2 rings (SSSR count). The fourth-order valence-electron chi connectivity index (χ4n) is 1.53. The minimum Gasteiger partial charge on any atom is -0.491 e. The van der Waals surface area contributed by atoms with E-state index >= 15 is 0 Å². The van der Waals surface area contributed by atoms with Crippen molar-refractivity contribution in [2.45, 2.75) is 20.0 Å². The number of carbonyl (C=O) groups is 1. The highest BCUT2D eigenvalue weighted by atomic mass is 16.5. The molecular formula is C13H16N4O3. The van der Waals surface area contributed by atoms with E-state index in [9.17, 15) is 4.79 Å². The molecule has 1 aromatic carbocycles. The lowest BCUT2D eigenvalue weighted by atomic mass is 10.2. The molecule has 0 spiro atoms. The summed E-state index contributed by atoms with van der Waals surface area (Å²) in [5.74, 6) is 0.659. The Morgan fingerprint density at radius 3 is 2.55 bits per heavy atom. The molecule has 20 heavy (non-hydrogen) atoms. The molecule has 106 valence electrons. The van der Waals surface area contributed by atoms with Crippen LogP contribution in [0, 0.1) is 0 Å². The van der Waals surface area contributed by atoms with Crippen molar-refractivity contribution in [3.8, 4) is 11.8 Å². The third-order valence-corrected chi connectivity index (χ3v) is 2.37. The monoisotopic (exact) mass is 276 g/mol. The van der Waals surface area contributed by atoms with Crippen LogP contribution in [0.2, 0.25) is 0 Å². The Kier molecular flexibility index (Phi) is 4.19. The van der Waals surface area contributed by atoms with Gasteiger partial charge in [0, 0.05) is 5.56 Å². The fourth-order valence-corrected chi connectivity index (χ4v) is 1.53. The number of anilines is 1. The second kappa shape index (κ2) is 6.05. The molecule has 0 aliphatic carbocycles. The quantitative estimate of drug-likeness (QED) is 0.870. The summed E-state index contributed by atoms with van der Waals surface area (Å²) in [7, 11) is 1.45. The standard InChI is InChI=1S/C13H16N4O3/c1-8(2)20-10-6-4-9(5-7-10)11(18)14-12-15-13(19-3)17-16-12/h4-8H,1-3H3,(H2,14,15,16,17,18). The molecular weight excluding hydrogens is 260 g/mol. The van der Waals surface area contributed by atoms with Gasteiger partial charge >= 0.3 is 6.01 Å². The molecule has 7 nitrogen and oxygen atoms in total. The Morgan fingerprint density at radius 2 is 2.00 bits per heavy atom. The Balaban J connectivity index is 2.01. The SMILES string of the molecule is COc1n[nH]c(NC(=O)c2ccc(OC(C)C)cc2)n1. The van der Waals surface area contributed by atoms with E-state index in [4.69, 9.17) is 9.47 Å². The van der Waals surface area contributed by atoms with Gasteiger partial charge in [0.2, 0.25) is 5.95 Å². The number of ether oxygens (including phenoxy) is 2. The predicted molar refractivity (Wildman–Crippen MR) is 73.1 cm³/mol. The number of carbonyl (C=O) groups excluding carboxylic acids is 1. The topological polar surface area (TPSA) is 89.1 Å². The highest BCUT2D eigenvalue weighted by molar-refractivity contribution is 6.03. The summed E-state index contributed by atoms with van der Waals surface area (Å²) in [6, 6.07) is 7.02.